The van der Waals surface area contributed by atoms with Crippen LogP contribution in [0.1, 0.15) is 44.0 Å². The van der Waals surface area contributed by atoms with Gasteiger partial charge >= 0.3 is 6.09 Å². The van der Waals surface area contributed by atoms with Gasteiger partial charge in [-0.05, 0) is 45.4 Å². The van der Waals surface area contributed by atoms with Crippen LogP contribution >= 0.6 is 11.6 Å². The number of piperazine rings is 1. The summed E-state index contributed by atoms with van der Waals surface area (Å²) in [6.07, 6.45) is 0.298. The van der Waals surface area contributed by atoms with Gasteiger partial charge in [0, 0.05) is 39.1 Å². The number of hydrogen-bond acceptors (Lipinski definition) is 4. The Hall–Kier alpha value is -2.35. The molecule has 0 spiro atoms. The molecule has 0 bridgehead atoms. The summed E-state index contributed by atoms with van der Waals surface area (Å²) < 4.78 is 18.3. The van der Waals surface area contributed by atoms with E-state index in [1.807, 2.05) is 0 Å². The van der Waals surface area contributed by atoms with Gasteiger partial charge in [0.25, 0.3) is 5.91 Å². The predicted octanol–water partition coefficient (Wildman–Crippen LogP) is 3.07. The molecule has 1 aromatic rings. The van der Waals surface area contributed by atoms with E-state index < -0.39 is 17.5 Å². The predicted molar refractivity (Wildman–Crippen MR) is 107 cm³/mol. The van der Waals surface area contributed by atoms with E-state index in [4.69, 9.17) is 16.3 Å². The first-order valence-electron chi connectivity index (χ1n) is 9.56. The highest BCUT2D eigenvalue weighted by Gasteiger charge is 2.26. The summed E-state index contributed by atoms with van der Waals surface area (Å²) in [6.45, 7) is 7.30. The van der Waals surface area contributed by atoms with Gasteiger partial charge in [0.05, 0.1) is 10.6 Å². The van der Waals surface area contributed by atoms with Gasteiger partial charge in [0.2, 0.25) is 5.91 Å². The molecule has 160 valence electrons. The van der Waals surface area contributed by atoms with E-state index in [-0.39, 0.29) is 22.4 Å². The van der Waals surface area contributed by atoms with Crippen LogP contribution in [0.25, 0.3) is 0 Å². The second-order valence-corrected chi connectivity index (χ2v) is 8.24. The van der Waals surface area contributed by atoms with Crippen LogP contribution in [0.3, 0.4) is 0 Å². The Kier molecular flexibility index (Phi) is 7.84. The van der Waals surface area contributed by atoms with Crippen molar-refractivity contribution in [3.8, 4) is 0 Å². The summed E-state index contributed by atoms with van der Waals surface area (Å²) in [5, 5.41) is 2.70. The van der Waals surface area contributed by atoms with Crippen LogP contribution in [0.4, 0.5) is 9.18 Å². The molecule has 3 amide bonds. The normalized spacial score (nSPS) is 14.5. The lowest BCUT2D eigenvalue weighted by molar-refractivity contribution is -0.132. The SMILES string of the molecule is CC(C)(C)OC(=O)NCCCC(=O)N1CCN(C(=O)c2ccc(F)cc2Cl)CC1. The molecular formula is C20H27ClFN3O4. The Balaban J connectivity index is 1.72. The molecule has 1 saturated heterocycles. The topological polar surface area (TPSA) is 79.0 Å². The molecule has 1 N–H and O–H groups in total. The van der Waals surface area contributed by atoms with Gasteiger partial charge in [0.15, 0.2) is 0 Å². The molecule has 29 heavy (non-hydrogen) atoms. The highest BCUT2D eigenvalue weighted by Crippen LogP contribution is 2.20. The number of alkyl carbamates (subject to hydrolysis) is 1. The van der Waals surface area contributed by atoms with E-state index in [2.05, 4.69) is 5.32 Å². The molecule has 1 aliphatic heterocycles. The summed E-state index contributed by atoms with van der Waals surface area (Å²) in [6, 6.07) is 3.68. The molecule has 1 heterocycles. The third-order valence-electron chi connectivity index (χ3n) is 4.32. The van der Waals surface area contributed by atoms with Crippen molar-refractivity contribution in [3.05, 3.63) is 34.6 Å². The molecule has 7 nitrogen and oxygen atoms in total. The summed E-state index contributed by atoms with van der Waals surface area (Å²) in [5.41, 5.74) is -0.309. The van der Waals surface area contributed by atoms with Crippen molar-refractivity contribution in [1.82, 2.24) is 15.1 Å². The minimum atomic E-state index is -0.560. The molecule has 1 fully saturated rings. The zero-order valence-corrected chi connectivity index (χ0v) is 17.7. The molecule has 2 rings (SSSR count). The van der Waals surface area contributed by atoms with Crippen LogP contribution in [-0.4, -0.2) is 66.0 Å². The van der Waals surface area contributed by atoms with Crippen molar-refractivity contribution in [2.24, 2.45) is 0 Å². The number of amides is 3. The molecule has 0 atom stereocenters. The number of carbonyl (C=O) groups is 3. The van der Waals surface area contributed by atoms with Gasteiger partial charge in [-0.2, -0.15) is 0 Å². The summed E-state index contributed by atoms with van der Waals surface area (Å²) in [5.74, 6) is -0.797. The zero-order chi connectivity index (χ0) is 21.6. The van der Waals surface area contributed by atoms with Crippen LogP contribution in [0, 0.1) is 5.82 Å². The highest BCUT2D eigenvalue weighted by molar-refractivity contribution is 6.33. The van der Waals surface area contributed by atoms with Crippen molar-refractivity contribution in [2.45, 2.75) is 39.2 Å². The van der Waals surface area contributed by atoms with Crippen LogP contribution in [0.15, 0.2) is 18.2 Å². The van der Waals surface area contributed by atoms with Gasteiger partial charge in [-0.1, -0.05) is 11.6 Å². The Labute approximate surface area is 175 Å². The van der Waals surface area contributed by atoms with Crippen molar-refractivity contribution in [1.29, 1.82) is 0 Å². The molecule has 0 saturated carbocycles. The second-order valence-electron chi connectivity index (χ2n) is 7.83. The lowest BCUT2D eigenvalue weighted by Gasteiger charge is -2.35. The minimum Gasteiger partial charge on any atom is -0.444 e. The number of ether oxygens (including phenoxy) is 1. The third-order valence-corrected chi connectivity index (χ3v) is 4.63. The Bertz CT molecular complexity index is 759. The monoisotopic (exact) mass is 427 g/mol. The smallest absolute Gasteiger partial charge is 0.407 e. The van der Waals surface area contributed by atoms with Crippen molar-refractivity contribution >= 4 is 29.5 Å². The summed E-state index contributed by atoms with van der Waals surface area (Å²) in [7, 11) is 0. The van der Waals surface area contributed by atoms with Crippen molar-refractivity contribution in [2.75, 3.05) is 32.7 Å². The standard InChI is InChI=1S/C20H27ClFN3O4/c1-20(2,3)29-19(28)23-8-4-5-17(26)24-9-11-25(12-10-24)18(27)15-7-6-14(22)13-16(15)21/h6-7,13H,4-5,8-12H2,1-3H3,(H,23,28). The Morgan fingerprint density at radius 2 is 1.76 bits per heavy atom. The first-order chi connectivity index (χ1) is 13.6. The first kappa shape index (κ1) is 22.9. The number of carbonyl (C=O) groups excluding carboxylic acids is 3. The van der Waals surface area contributed by atoms with E-state index in [1.54, 1.807) is 30.6 Å². The van der Waals surface area contributed by atoms with E-state index in [0.717, 1.165) is 6.07 Å². The maximum atomic E-state index is 13.2. The second kappa shape index (κ2) is 9.91. The lowest BCUT2D eigenvalue weighted by atomic mass is 10.1. The maximum absolute atomic E-state index is 13.2. The molecule has 0 aromatic heterocycles. The average molecular weight is 428 g/mol. The molecule has 9 heteroatoms. The Morgan fingerprint density at radius 3 is 2.34 bits per heavy atom. The van der Waals surface area contributed by atoms with Crippen LogP contribution in [0.5, 0.6) is 0 Å². The number of halogens is 2. The first-order valence-corrected chi connectivity index (χ1v) is 9.93. The molecule has 0 radical (unpaired) electrons. The number of nitrogens with one attached hydrogen (secondary N) is 1. The van der Waals surface area contributed by atoms with Gasteiger partial charge < -0.3 is 19.9 Å². The summed E-state index contributed by atoms with van der Waals surface area (Å²) >= 11 is 5.96. The fourth-order valence-electron chi connectivity index (χ4n) is 2.89. The number of benzene rings is 1. The van der Waals surface area contributed by atoms with Crippen LogP contribution in [-0.2, 0) is 9.53 Å². The molecule has 0 unspecified atom stereocenters. The van der Waals surface area contributed by atoms with E-state index in [1.165, 1.54) is 12.1 Å². The average Bonchev–Trinajstić information content (AvgIpc) is 2.63. The van der Waals surface area contributed by atoms with Crippen LogP contribution < -0.4 is 5.32 Å². The Morgan fingerprint density at radius 1 is 1.14 bits per heavy atom. The van der Waals surface area contributed by atoms with Gasteiger partial charge in [-0.15, -0.1) is 0 Å². The maximum Gasteiger partial charge on any atom is 0.407 e. The fraction of sp³-hybridized carbons (Fsp3) is 0.550. The van der Waals surface area contributed by atoms with E-state index >= 15 is 0 Å². The molecular weight excluding hydrogens is 401 g/mol. The number of rotatable bonds is 5. The fourth-order valence-corrected chi connectivity index (χ4v) is 3.14. The molecule has 1 aliphatic rings. The minimum absolute atomic E-state index is 0.0251. The highest BCUT2D eigenvalue weighted by atomic mass is 35.5. The van der Waals surface area contributed by atoms with E-state index in [9.17, 15) is 18.8 Å². The zero-order valence-electron chi connectivity index (χ0n) is 17.0. The summed E-state index contributed by atoms with van der Waals surface area (Å²) in [4.78, 5) is 39.7. The number of nitrogens with zero attached hydrogens (tertiary/aromatic N) is 2. The van der Waals surface area contributed by atoms with Crippen molar-refractivity contribution < 1.29 is 23.5 Å². The van der Waals surface area contributed by atoms with E-state index in [0.29, 0.717) is 45.6 Å². The molecule has 0 aliphatic carbocycles. The van der Waals surface area contributed by atoms with Gasteiger partial charge in [-0.25, -0.2) is 9.18 Å². The van der Waals surface area contributed by atoms with Crippen LogP contribution in [0.2, 0.25) is 5.02 Å². The van der Waals surface area contributed by atoms with Gasteiger partial charge in [-0.3, -0.25) is 9.59 Å². The van der Waals surface area contributed by atoms with Gasteiger partial charge in [0.1, 0.15) is 11.4 Å². The largest absolute Gasteiger partial charge is 0.444 e. The van der Waals surface area contributed by atoms with Crippen molar-refractivity contribution in [3.63, 3.8) is 0 Å². The number of hydrogen-bond donors (Lipinski definition) is 1. The molecule has 1 aromatic carbocycles. The quantitative estimate of drug-likeness (QED) is 0.732. The third kappa shape index (κ3) is 7.20. The lowest BCUT2D eigenvalue weighted by Crippen LogP contribution is -2.50.